The molecule has 0 atom stereocenters. The molecule has 0 aliphatic carbocycles. The molecular formula is C17H27NO2. The van der Waals surface area contributed by atoms with Crippen LogP contribution in [0.3, 0.4) is 0 Å². The molecule has 1 aromatic carbocycles. The van der Waals surface area contributed by atoms with E-state index in [-0.39, 0.29) is 11.3 Å². The minimum absolute atomic E-state index is 0.0627. The van der Waals surface area contributed by atoms with Gasteiger partial charge in [-0.05, 0) is 42.4 Å². The van der Waals surface area contributed by atoms with Crippen molar-refractivity contribution in [2.45, 2.75) is 46.5 Å². The third-order valence-electron chi connectivity index (χ3n) is 3.06. The van der Waals surface area contributed by atoms with Crippen LogP contribution in [0.25, 0.3) is 0 Å². The van der Waals surface area contributed by atoms with Crippen LogP contribution in [0.5, 0.6) is 5.75 Å². The number of methoxy groups -OCH3 is 1. The molecule has 1 amide bonds. The Bertz CT molecular complexity index is 404. The van der Waals surface area contributed by atoms with Crippen molar-refractivity contribution in [3.05, 3.63) is 29.8 Å². The van der Waals surface area contributed by atoms with Crippen molar-refractivity contribution in [1.29, 1.82) is 0 Å². The third-order valence-corrected chi connectivity index (χ3v) is 3.06. The first-order valence-corrected chi connectivity index (χ1v) is 7.30. The van der Waals surface area contributed by atoms with Gasteiger partial charge in [0.05, 0.1) is 7.11 Å². The third kappa shape index (κ3) is 7.17. The smallest absolute Gasteiger partial charge is 0.220 e. The molecule has 0 unspecified atom stereocenters. The minimum Gasteiger partial charge on any atom is -0.497 e. The van der Waals surface area contributed by atoms with Crippen LogP contribution >= 0.6 is 0 Å². The topological polar surface area (TPSA) is 38.3 Å². The standard InChI is InChI=1S/C17H27NO2/c1-17(2,3)13-16(19)18-12-6-5-7-14-8-10-15(20-4)11-9-14/h8-11H,5-7,12-13H2,1-4H3,(H,18,19). The molecular weight excluding hydrogens is 250 g/mol. The number of rotatable bonds is 7. The molecule has 3 nitrogen and oxygen atoms in total. The van der Waals surface area contributed by atoms with Crippen molar-refractivity contribution in [1.82, 2.24) is 5.32 Å². The van der Waals surface area contributed by atoms with Gasteiger partial charge in [0.1, 0.15) is 5.75 Å². The highest BCUT2D eigenvalue weighted by Crippen LogP contribution is 2.17. The molecule has 1 aromatic rings. The Morgan fingerprint density at radius 1 is 1.15 bits per heavy atom. The summed E-state index contributed by atoms with van der Waals surface area (Å²) in [6.45, 7) is 7.01. The van der Waals surface area contributed by atoms with Crippen molar-refractivity contribution < 1.29 is 9.53 Å². The number of unbranched alkanes of at least 4 members (excludes halogenated alkanes) is 1. The summed E-state index contributed by atoms with van der Waals surface area (Å²) in [5, 5.41) is 2.98. The van der Waals surface area contributed by atoms with Gasteiger partial charge in [-0.15, -0.1) is 0 Å². The normalized spacial score (nSPS) is 11.2. The molecule has 0 saturated carbocycles. The second-order valence-corrected chi connectivity index (χ2v) is 6.39. The minimum atomic E-state index is 0.0627. The van der Waals surface area contributed by atoms with E-state index in [9.17, 15) is 4.79 Å². The van der Waals surface area contributed by atoms with Crippen molar-refractivity contribution in [3.63, 3.8) is 0 Å². The Hall–Kier alpha value is -1.51. The molecule has 0 spiro atoms. The van der Waals surface area contributed by atoms with Gasteiger partial charge < -0.3 is 10.1 Å². The van der Waals surface area contributed by atoms with Gasteiger partial charge in [0.15, 0.2) is 0 Å². The lowest BCUT2D eigenvalue weighted by atomic mass is 9.92. The Morgan fingerprint density at radius 2 is 1.80 bits per heavy atom. The maximum absolute atomic E-state index is 11.6. The van der Waals surface area contributed by atoms with Gasteiger partial charge in [0.25, 0.3) is 0 Å². The highest BCUT2D eigenvalue weighted by Gasteiger charge is 2.15. The summed E-state index contributed by atoms with van der Waals surface area (Å²) in [4.78, 5) is 11.6. The first-order valence-electron chi connectivity index (χ1n) is 7.30. The Labute approximate surface area is 122 Å². The number of nitrogens with one attached hydrogen (secondary N) is 1. The van der Waals surface area contributed by atoms with E-state index in [4.69, 9.17) is 4.74 Å². The van der Waals surface area contributed by atoms with E-state index >= 15 is 0 Å². The molecule has 0 heterocycles. The summed E-state index contributed by atoms with van der Waals surface area (Å²) in [5.41, 5.74) is 1.37. The largest absolute Gasteiger partial charge is 0.497 e. The van der Waals surface area contributed by atoms with E-state index in [0.29, 0.717) is 6.42 Å². The quantitative estimate of drug-likeness (QED) is 0.774. The lowest BCUT2D eigenvalue weighted by Crippen LogP contribution is -2.28. The summed E-state index contributed by atoms with van der Waals surface area (Å²) in [6, 6.07) is 8.16. The molecule has 0 aromatic heterocycles. The zero-order valence-corrected chi connectivity index (χ0v) is 13.2. The number of carbonyl (C=O) groups excluding carboxylic acids is 1. The highest BCUT2D eigenvalue weighted by atomic mass is 16.5. The number of amides is 1. The first kappa shape index (κ1) is 16.5. The van der Waals surface area contributed by atoms with Crippen LogP contribution in [-0.2, 0) is 11.2 Å². The summed E-state index contributed by atoms with van der Waals surface area (Å²) in [5.74, 6) is 1.05. The van der Waals surface area contributed by atoms with Crippen molar-refractivity contribution in [3.8, 4) is 5.75 Å². The van der Waals surface area contributed by atoms with Gasteiger partial charge >= 0.3 is 0 Å². The molecule has 0 bridgehead atoms. The van der Waals surface area contributed by atoms with Crippen LogP contribution in [-0.4, -0.2) is 19.6 Å². The Kier molecular flexibility index (Phi) is 6.56. The summed E-state index contributed by atoms with van der Waals surface area (Å²) < 4.78 is 5.13. The SMILES string of the molecule is COc1ccc(CCCCNC(=O)CC(C)(C)C)cc1. The van der Waals surface area contributed by atoms with Crippen LogP contribution < -0.4 is 10.1 Å². The van der Waals surface area contributed by atoms with Gasteiger partial charge in [0.2, 0.25) is 5.91 Å². The number of hydrogen-bond acceptors (Lipinski definition) is 2. The summed E-state index contributed by atoms with van der Waals surface area (Å²) >= 11 is 0. The average molecular weight is 277 g/mol. The predicted molar refractivity (Wildman–Crippen MR) is 83.0 cm³/mol. The Morgan fingerprint density at radius 3 is 2.35 bits per heavy atom. The molecule has 1 N–H and O–H groups in total. The van der Waals surface area contributed by atoms with Crippen LogP contribution in [0, 0.1) is 5.41 Å². The van der Waals surface area contributed by atoms with Gasteiger partial charge in [-0.2, -0.15) is 0 Å². The fourth-order valence-electron chi connectivity index (χ4n) is 2.02. The molecule has 0 saturated heterocycles. The van der Waals surface area contributed by atoms with Crippen LogP contribution in [0.4, 0.5) is 0 Å². The van der Waals surface area contributed by atoms with E-state index in [0.717, 1.165) is 31.6 Å². The predicted octanol–water partition coefficient (Wildman–Crippen LogP) is 3.57. The van der Waals surface area contributed by atoms with Crippen LogP contribution in [0.15, 0.2) is 24.3 Å². The number of ether oxygens (including phenoxy) is 1. The molecule has 0 fully saturated rings. The molecule has 0 aliphatic heterocycles. The van der Waals surface area contributed by atoms with Gasteiger partial charge in [0, 0.05) is 13.0 Å². The van der Waals surface area contributed by atoms with Gasteiger partial charge in [-0.1, -0.05) is 32.9 Å². The molecule has 20 heavy (non-hydrogen) atoms. The number of carbonyl (C=O) groups is 1. The second-order valence-electron chi connectivity index (χ2n) is 6.39. The van der Waals surface area contributed by atoms with E-state index in [1.807, 2.05) is 12.1 Å². The zero-order valence-electron chi connectivity index (χ0n) is 13.2. The molecule has 0 aliphatic rings. The molecule has 3 heteroatoms. The van der Waals surface area contributed by atoms with Crippen molar-refractivity contribution in [2.75, 3.05) is 13.7 Å². The molecule has 1 rings (SSSR count). The van der Waals surface area contributed by atoms with Gasteiger partial charge in [-0.25, -0.2) is 0 Å². The lowest BCUT2D eigenvalue weighted by Gasteiger charge is -2.17. The summed E-state index contributed by atoms with van der Waals surface area (Å²) in [7, 11) is 1.68. The number of hydrogen-bond donors (Lipinski definition) is 1. The number of benzene rings is 1. The zero-order chi connectivity index (χ0) is 15.0. The van der Waals surface area contributed by atoms with E-state index in [1.165, 1.54) is 5.56 Å². The monoisotopic (exact) mass is 277 g/mol. The maximum atomic E-state index is 11.6. The fourth-order valence-corrected chi connectivity index (χ4v) is 2.02. The average Bonchev–Trinajstić information content (AvgIpc) is 2.37. The van der Waals surface area contributed by atoms with Crippen molar-refractivity contribution >= 4 is 5.91 Å². The van der Waals surface area contributed by atoms with Crippen LogP contribution in [0.2, 0.25) is 0 Å². The summed E-state index contributed by atoms with van der Waals surface area (Å²) in [6.07, 6.45) is 3.73. The van der Waals surface area contributed by atoms with E-state index in [1.54, 1.807) is 7.11 Å². The van der Waals surface area contributed by atoms with Crippen LogP contribution in [0.1, 0.15) is 45.6 Å². The van der Waals surface area contributed by atoms with E-state index in [2.05, 4.69) is 38.2 Å². The first-order chi connectivity index (χ1) is 9.40. The van der Waals surface area contributed by atoms with Gasteiger partial charge in [-0.3, -0.25) is 4.79 Å². The number of aryl methyl sites for hydroxylation is 1. The molecule has 112 valence electrons. The lowest BCUT2D eigenvalue weighted by molar-refractivity contribution is -0.122. The Balaban J connectivity index is 2.14. The maximum Gasteiger partial charge on any atom is 0.220 e. The molecule has 0 radical (unpaired) electrons. The van der Waals surface area contributed by atoms with Crippen molar-refractivity contribution in [2.24, 2.45) is 5.41 Å². The highest BCUT2D eigenvalue weighted by molar-refractivity contribution is 5.76. The second kappa shape index (κ2) is 7.93. The fraction of sp³-hybridized carbons (Fsp3) is 0.588. The van der Waals surface area contributed by atoms with E-state index < -0.39 is 0 Å².